The number of hydrogen-bond acceptors (Lipinski definition) is 4. The summed E-state index contributed by atoms with van der Waals surface area (Å²) in [7, 11) is 0.655. The van der Waals surface area contributed by atoms with E-state index in [0.29, 0.717) is 21.7 Å². The molecule has 0 N–H and O–H groups in total. The zero-order valence-electron chi connectivity index (χ0n) is 12.7. The van der Waals surface area contributed by atoms with Gasteiger partial charge in [0.2, 0.25) is 0 Å². The van der Waals surface area contributed by atoms with Crippen LogP contribution in [0.25, 0.3) is 0 Å². The third kappa shape index (κ3) is 3.57. The Balaban J connectivity index is 2.48. The molecule has 23 heavy (non-hydrogen) atoms. The van der Waals surface area contributed by atoms with Crippen molar-refractivity contribution in [1.82, 2.24) is 0 Å². The molecule has 0 atom stereocenters. The van der Waals surface area contributed by atoms with Crippen molar-refractivity contribution < 1.29 is 17.9 Å². The molecule has 5 nitrogen and oxygen atoms in total. The van der Waals surface area contributed by atoms with Crippen LogP contribution in [0.3, 0.4) is 0 Å². The van der Waals surface area contributed by atoms with Crippen LogP contribution in [0.2, 0.25) is 5.02 Å². The van der Waals surface area contributed by atoms with Crippen molar-refractivity contribution in [2.24, 2.45) is 0 Å². The molecule has 124 valence electrons. The molecular formula is C15H15BrClNO4S. The van der Waals surface area contributed by atoms with Gasteiger partial charge in [0, 0.05) is 17.6 Å². The van der Waals surface area contributed by atoms with Crippen molar-refractivity contribution in [2.75, 3.05) is 25.6 Å². The van der Waals surface area contributed by atoms with Crippen LogP contribution in [0.4, 0.5) is 5.69 Å². The van der Waals surface area contributed by atoms with Crippen molar-refractivity contribution in [2.45, 2.75) is 4.90 Å². The summed E-state index contributed by atoms with van der Waals surface area (Å²) < 4.78 is 37.8. The molecule has 0 fully saturated rings. The minimum atomic E-state index is -3.80. The van der Waals surface area contributed by atoms with Crippen molar-refractivity contribution in [3.63, 3.8) is 0 Å². The van der Waals surface area contributed by atoms with E-state index < -0.39 is 10.0 Å². The Labute approximate surface area is 149 Å². The fourth-order valence-electron chi connectivity index (χ4n) is 1.99. The van der Waals surface area contributed by atoms with Crippen molar-refractivity contribution in [3.8, 4) is 11.5 Å². The highest BCUT2D eigenvalue weighted by atomic mass is 79.9. The maximum absolute atomic E-state index is 12.8. The first-order valence-corrected chi connectivity index (χ1v) is 9.08. The number of halogens is 2. The highest BCUT2D eigenvalue weighted by molar-refractivity contribution is 9.10. The van der Waals surface area contributed by atoms with E-state index in [1.807, 2.05) is 0 Å². The minimum absolute atomic E-state index is 0.0275. The smallest absolute Gasteiger partial charge is 0.265 e. The Bertz CT molecular complexity index is 826. The quantitative estimate of drug-likeness (QED) is 0.735. The normalized spacial score (nSPS) is 11.2. The number of hydrogen-bond donors (Lipinski definition) is 0. The summed E-state index contributed by atoms with van der Waals surface area (Å²) in [6.45, 7) is 0. The third-order valence-electron chi connectivity index (χ3n) is 3.26. The molecule has 0 amide bonds. The van der Waals surface area contributed by atoms with Gasteiger partial charge in [0.05, 0.1) is 24.9 Å². The molecule has 0 aliphatic carbocycles. The van der Waals surface area contributed by atoms with E-state index in [9.17, 15) is 8.42 Å². The van der Waals surface area contributed by atoms with E-state index in [0.717, 1.165) is 4.31 Å². The molecule has 0 aliphatic heterocycles. The lowest BCUT2D eigenvalue weighted by molar-refractivity contribution is 0.355. The van der Waals surface area contributed by atoms with E-state index in [4.69, 9.17) is 21.1 Å². The van der Waals surface area contributed by atoms with Crippen LogP contribution in [0.15, 0.2) is 45.8 Å². The summed E-state index contributed by atoms with van der Waals surface area (Å²) >= 11 is 9.33. The molecule has 0 aliphatic rings. The molecule has 0 heterocycles. The van der Waals surface area contributed by atoms with Crippen LogP contribution >= 0.6 is 27.5 Å². The first-order chi connectivity index (χ1) is 10.8. The van der Waals surface area contributed by atoms with Crippen LogP contribution < -0.4 is 13.8 Å². The Hall–Kier alpha value is -1.44. The molecule has 0 unspecified atom stereocenters. The summed E-state index contributed by atoms with van der Waals surface area (Å²) in [6, 6.07) is 9.48. The van der Waals surface area contributed by atoms with E-state index in [1.165, 1.54) is 33.4 Å². The Morgan fingerprint density at radius 3 is 2.26 bits per heavy atom. The average Bonchev–Trinajstić information content (AvgIpc) is 2.53. The number of nitrogens with zero attached hydrogens (tertiary/aromatic N) is 1. The third-order valence-corrected chi connectivity index (χ3v) is 6.02. The predicted octanol–water partition coefficient (Wildman–Crippen LogP) is 3.94. The molecule has 0 radical (unpaired) electrons. The van der Waals surface area contributed by atoms with Gasteiger partial charge in [0.25, 0.3) is 10.0 Å². The first-order valence-electron chi connectivity index (χ1n) is 6.47. The highest BCUT2D eigenvalue weighted by Crippen LogP contribution is 2.34. The molecule has 2 aromatic carbocycles. The SMILES string of the molecule is COc1ccc(N(C)S(=O)(=O)c2ccc(Br)cc2Cl)cc1OC. The van der Waals surface area contributed by atoms with Gasteiger partial charge in [-0.05, 0) is 30.3 Å². The second kappa shape index (κ2) is 6.98. The number of rotatable bonds is 5. The van der Waals surface area contributed by atoms with Gasteiger partial charge in [0.15, 0.2) is 11.5 Å². The number of sulfonamides is 1. The van der Waals surface area contributed by atoms with Crippen molar-refractivity contribution in [1.29, 1.82) is 0 Å². The molecule has 0 aromatic heterocycles. The van der Waals surface area contributed by atoms with E-state index in [2.05, 4.69) is 15.9 Å². The predicted molar refractivity (Wildman–Crippen MR) is 94.3 cm³/mol. The summed E-state index contributed by atoms with van der Waals surface area (Å²) in [5.41, 5.74) is 0.432. The number of methoxy groups -OCH3 is 2. The van der Waals surface area contributed by atoms with Crippen LogP contribution in [-0.2, 0) is 10.0 Å². The molecule has 2 aromatic rings. The molecule has 0 bridgehead atoms. The van der Waals surface area contributed by atoms with Gasteiger partial charge in [-0.1, -0.05) is 27.5 Å². The first kappa shape index (κ1) is 17.9. The van der Waals surface area contributed by atoms with Gasteiger partial charge in [-0.25, -0.2) is 8.42 Å². The van der Waals surface area contributed by atoms with Crippen LogP contribution in [-0.4, -0.2) is 29.7 Å². The Kier molecular flexibility index (Phi) is 5.44. The van der Waals surface area contributed by atoms with Gasteiger partial charge in [0.1, 0.15) is 4.90 Å². The second-order valence-electron chi connectivity index (χ2n) is 4.59. The van der Waals surface area contributed by atoms with E-state index in [1.54, 1.807) is 24.3 Å². The standard InChI is InChI=1S/C15H15BrClNO4S/c1-18(11-5-6-13(21-2)14(9-11)22-3)23(19,20)15-7-4-10(16)8-12(15)17/h4-9H,1-3H3. The number of ether oxygens (including phenoxy) is 2. The number of anilines is 1. The molecule has 0 saturated heterocycles. The molecule has 0 spiro atoms. The lowest BCUT2D eigenvalue weighted by Gasteiger charge is -2.21. The fraction of sp³-hybridized carbons (Fsp3) is 0.200. The maximum atomic E-state index is 12.8. The molecule has 2 rings (SSSR count). The topological polar surface area (TPSA) is 55.8 Å². The molecular weight excluding hydrogens is 406 g/mol. The zero-order valence-corrected chi connectivity index (χ0v) is 15.9. The maximum Gasteiger partial charge on any atom is 0.265 e. The summed E-state index contributed by atoms with van der Waals surface area (Å²) in [4.78, 5) is 0.0275. The van der Waals surface area contributed by atoms with Crippen molar-refractivity contribution in [3.05, 3.63) is 45.9 Å². The van der Waals surface area contributed by atoms with E-state index in [-0.39, 0.29) is 9.92 Å². The van der Waals surface area contributed by atoms with Crippen LogP contribution in [0, 0.1) is 0 Å². The summed E-state index contributed by atoms with van der Waals surface area (Å²) in [6.07, 6.45) is 0. The molecule has 8 heteroatoms. The van der Waals surface area contributed by atoms with Gasteiger partial charge < -0.3 is 9.47 Å². The monoisotopic (exact) mass is 419 g/mol. The van der Waals surface area contributed by atoms with Crippen LogP contribution in [0.1, 0.15) is 0 Å². The summed E-state index contributed by atoms with van der Waals surface area (Å²) in [5.74, 6) is 0.956. The van der Waals surface area contributed by atoms with Crippen molar-refractivity contribution >= 4 is 43.2 Å². The Morgan fingerprint density at radius 1 is 1.04 bits per heavy atom. The van der Waals surface area contributed by atoms with Crippen LogP contribution in [0.5, 0.6) is 11.5 Å². The zero-order chi connectivity index (χ0) is 17.2. The largest absolute Gasteiger partial charge is 0.493 e. The summed E-state index contributed by atoms with van der Waals surface area (Å²) in [5, 5.41) is 0.145. The van der Waals surface area contributed by atoms with Gasteiger partial charge in [-0.2, -0.15) is 0 Å². The highest BCUT2D eigenvalue weighted by Gasteiger charge is 2.25. The minimum Gasteiger partial charge on any atom is -0.493 e. The fourth-order valence-corrected chi connectivity index (χ4v) is 4.19. The lowest BCUT2D eigenvalue weighted by atomic mass is 10.3. The molecule has 0 saturated carbocycles. The van der Waals surface area contributed by atoms with Gasteiger partial charge in [-0.3, -0.25) is 4.31 Å². The van der Waals surface area contributed by atoms with Gasteiger partial charge >= 0.3 is 0 Å². The lowest BCUT2D eigenvalue weighted by Crippen LogP contribution is -2.26. The second-order valence-corrected chi connectivity index (χ2v) is 7.85. The van der Waals surface area contributed by atoms with E-state index >= 15 is 0 Å². The number of benzene rings is 2. The average molecular weight is 421 g/mol. The Morgan fingerprint density at radius 2 is 1.70 bits per heavy atom. The van der Waals surface area contributed by atoms with Gasteiger partial charge in [-0.15, -0.1) is 0 Å².